The van der Waals surface area contributed by atoms with Crippen LogP contribution in [0.3, 0.4) is 0 Å². The number of anilines is 1. The lowest BCUT2D eigenvalue weighted by Crippen LogP contribution is -2.16. The zero-order valence-electron chi connectivity index (χ0n) is 14.9. The van der Waals surface area contributed by atoms with Gasteiger partial charge >= 0.3 is 0 Å². The number of nitrogen functional groups attached to an aromatic ring is 1. The van der Waals surface area contributed by atoms with E-state index in [0.29, 0.717) is 16.3 Å². The number of nitrogens with two attached hydrogens (primary N) is 1. The topological polar surface area (TPSA) is 53.1 Å². The van der Waals surface area contributed by atoms with Crippen LogP contribution in [0.25, 0.3) is 22.2 Å². The summed E-state index contributed by atoms with van der Waals surface area (Å²) in [4.78, 5) is 10.5. The largest absolute Gasteiger partial charge is 0.406 e. The SMILES string of the molecule is CC(On1ccc2ncc(-c3cccc(N)c3)cc21)c1c(Cl)ccc(F)c1Cl. The molecule has 0 spiro atoms. The number of aromatic nitrogens is 2. The first kappa shape index (κ1) is 18.6. The summed E-state index contributed by atoms with van der Waals surface area (Å²) in [5, 5.41) is 0.295. The fraction of sp³-hybridized carbons (Fsp3) is 0.0952. The van der Waals surface area contributed by atoms with Gasteiger partial charge < -0.3 is 10.6 Å². The lowest BCUT2D eigenvalue weighted by molar-refractivity contribution is 0.0562. The fourth-order valence-electron chi connectivity index (χ4n) is 3.09. The summed E-state index contributed by atoms with van der Waals surface area (Å²) >= 11 is 12.3. The zero-order chi connectivity index (χ0) is 19.8. The van der Waals surface area contributed by atoms with Gasteiger partial charge in [0.2, 0.25) is 0 Å². The first-order valence-electron chi connectivity index (χ1n) is 8.57. The van der Waals surface area contributed by atoms with Crippen molar-refractivity contribution in [3.05, 3.63) is 82.4 Å². The van der Waals surface area contributed by atoms with E-state index in [2.05, 4.69) is 4.98 Å². The van der Waals surface area contributed by atoms with E-state index in [9.17, 15) is 4.39 Å². The molecule has 2 aromatic carbocycles. The van der Waals surface area contributed by atoms with Gasteiger partial charge in [-0.25, -0.2) is 4.39 Å². The summed E-state index contributed by atoms with van der Waals surface area (Å²) in [7, 11) is 0. The molecule has 1 unspecified atom stereocenters. The van der Waals surface area contributed by atoms with E-state index in [4.69, 9.17) is 33.8 Å². The minimum Gasteiger partial charge on any atom is -0.406 e. The highest BCUT2D eigenvalue weighted by molar-refractivity contribution is 6.36. The van der Waals surface area contributed by atoms with Gasteiger partial charge in [-0.15, -0.1) is 0 Å². The molecule has 0 bridgehead atoms. The third-order valence-corrected chi connectivity index (χ3v) is 5.19. The van der Waals surface area contributed by atoms with E-state index in [1.807, 2.05) is 36.4 Å². The molecule has 2 N–H and O–H groups in total. The quantitative estimate of drug-likeness (QED) is 0.332. The molecule has 0 radical (unpaired) electrons. The molecule has 2 heterocycles. The molecular formula is C21H16Cl2FN3O. The summed E-state index contributed by atoms with van der Waals surface area (Å²) in [6, 6.07) is 14.0. The minimum atomic E-state index is -0.581. The summed E-state index contributed by atoms with van der Waals surface area (Å²) in [6.45, 7) is 1.76. The van der Waals surface area contributed by atoms with Crippen molar-refractivity contribution in [1.29, 1.82) is 0 Å². The Morgan fingerprint density at radius 2 is 1.93 bits per heavy atom. The molecule has 2 aromatic heterocycles. The smallest absolute Gasteiger partial charge is 0.150 e. The normalized spacial score (nSPS) is 12.3. The van der Waals surface area contributed by atoms with E-state index < -0.39 is 11.9 Å². The maximum atomic E-state index is 13.9. The van der Waals surface area contributed by atoms with Crippen LogP contribution in [0, 0.1) is 5.82 Å². The molecular weight excluding hydrogens is 400 g/mol. The molecule has 4 nitrogen and oxygen atoms in total. The molecule has 4 aromatic rings. The third kappa shape index (κ3) is 3.39. The lowest BCUT2D eigenvalue weighted by Gasteiger charge is -2.19. The predicted octanol–water partition coefficient (Wildman–Crippen LogP) is 5.92. The monoisotopic (exact) mass is 415 g/mol. The van der Waals surface area contributed by atoms with E-state index in [-0.39, 0.29) is 5.02 Å². The van der Waals surface area contributed by atoms with Crippen molar-refractivity contribution in [2.45, 2.75) is 13.0 Å². The van der Waals surface area contributed by atoms with Crippen LogP contribution in [0.5, 0.6) is 0 Å². The molecule has 7 heteroatoms. The van der Waals surface area contributed by atoms with Gasteiger partial charge in [-0.3, -0.25) is 4.98 Å². The Bertz CT molecular complexity index is 1180. The molecule has 142 valence electrons. The van der Waals surface area contributed by atoms with Crippen molar-refractivity contribution in [2.75, 3.05) is 5.73 Å². The third-order valence-electron chi connectivity index (χ3n) is 4.48. The molecule has 4 rings (SSSR count). The fourth-order valence-corrected chi connectivity index (χ4v) is 3.77. The Morgan fingerprint density at radius 1 is 1.11 bits per heavy atom. The highest BCUT2D eigenvalue weighted by Crippen LogP contribution is 2.33. The van der Waals surface area contributed by atoms with Crippen LogP contribution < -0.4 is 10.6 Å². The van der Waals surface area contributed by atoms with Crippen LogP contribution in [0.4, 0.5) is 10.1 Å². The Balaban J connectivity index is 1.72. The maximum absolute atomic E-state index is 13.9. The predicted molar refractivity (Wildman–Crippen MR) is 111 cm³/mol. The number of halogens is 3. The Hall–Kier alpha value is -2.76. The van der Waals surface area contributed by atoms with Crippen molar-refractivity contribution >= 4 is 39.9 Å². The minimum absolute atomic E-state index is 0.0463. The van der Waals surface area contributed by atoms with Gasteiger partial charge in [0, 0.05) is 34.2 Å². The molecule has 0 fully saturated rings. The number of benzene rings is 2. The molecule has 1 atom stereocenters. The van der Waals surface area contributed by atoms with E-state index in [1.54, 1.807) is 24.0 Å². The maximum Gasteiger partial charge on any atom is 0.150 e. The van der Waals surface area contributed by atoms with Gasteiger partial charge in [0.15, 0.2) is 6.10 Å². The van der Waals surface area contributed by atoms with Gasteiger partial charge in [0.25, 0.3) is 0 Å². The highest BCUT2D eigenvalue weighted by atomic mass is 35.5. The van der Waals surface area contributed by atoms with Crippen molar-refractivity contribution < 1.29 is 9.23 Å². The van der Waals surface area contributed by atoms with Crippen molar-refractivity contribution in [3.63, 3.8) is 0 Å². The highest BCUT2D eigenvalue weighted by Gasteiger charge is 2.19. The number of hydrogen-bond acceptors (Lipinski definition) is 3. The Labute approximate surface area is 171 Å². The number of rotatable bonds is 4. The Kier molecular flexibility index (Phi) is 4.87. The summed E-state index contributed by atoms with van der Waals surface area (Å²) in [5.41, 5.74) is 10.3. The second-order valence-corrected chi connectivity index (χ2v) is 7.19. The molecule has 0 aliphatic carbocycles. The van der Waals surface area contributed by atoms with Crippen molar-refractivity contribution in [2.24, 2.45) is 0 Å². The van der Waals surface area contributed by atoms with Crippen molar-refractivity contribution in [3.8, 4) is 11.1 Å². The van der Waals surface area contributed by atoms with E-state index >= 15 is 0 Å². The molecule has 0 saturated heterocycles. The van der Waals surface area contributed by atoms with Crippen LogP contribution in [0.2, 0.25) is 10.0 Å². The summed E-state index contributed by atoms with van der Waals surface area (Å²) in [5.74, 6) is -0.542. The van der Waals surface area contributed by atoms with Crippen LogP contribution in [-0.4, -0.2) is 9.71 Å². The van der Waals surface area contributed by atoms with Crippen LogP contribution in [0.1, 0.15) is 18.6 Å². The first-order chi connectivity index (χ1) is 13.4. The van der Waals surface area contributed by atoms with Gasteiger partial charge in [0.1, 0.15) is 11.3 Å². The summed E-state index contributed by atoms with van der Waals surface area (Å²) in [6.07, 6.45) is 2.95. The van der Waals surface area contributed by atoms with E-state index in [0.717, 1.165) is 22.2 Å². The van der Waals surface area contributed by atoms with Gasteiger partial charge in [-0.05, 0) is 48.9 Å². The summed E-state index contributed by atoms with van der Waals surface area (Å²) < 4.78 is 15.4. The van der Waals surface area contributed by atoms with E-state index in [1.165, 1.54) is 12.1 Å². The number of nitrogens with zero attached hydrogens (tertiary/aromatic N) is 2. The van der Waals surface area contributed by atoms with Crippen LogP contribution in [0.15, 0.2) is 60.9 Å². The van der Waals surface area contributed by atoms with Crippen molar-refractivity contribution in [1.82, 2.24) is 9.71 Å². The zero-order valence-corrected chi connectivity index (χ0v) is 16.4. The second kappa shape index (κ2) is 7.34. The average Bonchev–Trinajstić information content (AvgIpc) is 3.07. The van der Waals surface area contributed by atoms with Crippen LogP contribution >= 0.6 is 23.2 Å². The second-order valence-electron chi connectivity index (χ2n) is 6.40. The van der Waals surface area contributed by atoms with Gasteiger partial charge in [0.05, 0.1) is 10.5 Å². The van der Waals surface area contributed by atoms with Gasteiger partial charge in [-0.2, -0.15) is 4.73 Å². The molecule has 0 amide bonds. The molecule has 0 aliphatic rings. The molecule has 28 heavy (non-hydrogen) atoms. The first-order valence-corrected chi connectivity index (χ1v) is 9.33. The molecule has 0 aliphatic heterocycles. The van der Waals surface area contributed by atoms with Crippen LogP contribution in [-0.2, 0) is 0 Å². The lowest BCUT2D eigenvalue weighted by atomic mass is 10.1. The number of fused-ring (bicyclic) bond motifs is 1. The number of pyridine rings is 1. The standard InChI is InChI=1S/C21H16Cl2FN3O/c1-12(20-16(22)5-6-17(24)21(20)23)28-27-8-7-18-19(27)10-14(11-26-18)13-3-2-4-15(25)9-13/h2-12H,25H2,1H3. The number of hydrogen-bond donors (Lipinski definition) is 1. The van der Waals surface area contributed by atoms with Gasteiger partial charge in [-0.1, -0.05) is 35.3 Å². The molecule has 0 saturated carbocycles. The Morgan fingerprint density at radius 3 is 2.71 bits per heavy atom. The average molecular weight is 416 g/mol.